The third-order valence-corrected chi connectivity index (χ3v) is 5.29. The Labute approximate surface area is 183 Å². The van der Waals surface area contributed by atoms with E-state index in [4.69, 9.17) is 9.47 Å². The molecule has 1 saturated heterocycles. The first-order valence-electron chi connectivity index (χ1n) is 9.71. The molecule has 3 aromatic rings. The molecule has 5 nitrogen and oxygen atoms in total. The Morgan fingerprint density at radius 3 is 2.61 bits per heavy atom. The molecular weight excluding hydrogens is 427 g/mol. The molecule has 0 bridgehead atoms. The minimum atomic E-state index is -1.22. The summed E-state index contributed by atoms with van der Waals surface area (Å²) in [4.78, 5) is 10.7. The Bertz CT molecular complexity index is 1040. The molecule has 2 aromatic carbocycles. The first-order chi connectivity index (χ1) is 15.0. The van der Waals surface area contributed by atoms with Crippen molar-refractivity contribution in [3.63, 3.8) is 0 Å². The quantitative estimate of drug-likeness (QED) is 0.417. The lowest BCUT2D eigenvalue weighted by Gasteiger charge is -2.25. The van der Waals surface area contributed by atoms with Gasteiger partial charge in [-0.25, -0.2) is 18.2 Å². The number of ether oxygens (including phenoxy) is 2. The van der Waals surface area contributed by atoms with Gasteiger partial charge in [0.1, 0.15) is 17.4 Å². The lowest BCUT2D eigenvalue weighted by atomic mass is 10.2. The van der Waals surface area contributed by atoms with Crippen LogP contribution in [0.25, 0.3) is 0 Å². The molecule has 2 atom stereocenters. The van der Waals surface area contributed by atoms with Crippen LogP contribution in [0.4, 0.5) is 19.0 Å². The van der Waals surface area contributed by atoms with Gasteiger partial charge in [0.2, 0.25) is 0 Å². The summed E-state index contributed by atoms with van der Waals surface area (Å²) in [5.41, 5.74) is -0.0357. The summed E-state index contributed by atoms with van der Waals surface area (Å²) in [6.07, 6.45) is 2.34. The Balaban J connectivity index is 1.42. The first-order valence-corrected chi connectivity index (χ1v) is 10.2. The fourth-order valence-corrected chi connectivity index (χ4v) is 3.86. The Hall–Kier alpha value is -2.78. The molecule has 0 saturated carbocycles. The molecule has 162 valence electrons. The zero-order valence-electron chi connectivity index (χ0n) is 16.4. The lowest BCUT2D eigenvalue weighted by Crippen LogP contribution is -2.34. The van der Waals surface area contributed by atoms with Crippen molar-refractivity contribution in [1.82, 2.24) is 9.97 Å². The molecule has 31 heavy (non-hydrogen) atoms. The van der Waals surface area contributed by atoms with E-state index in [-0.39, 0.29) is 36.1 Å². The maximum atomic E-state index is 13.8. The topological polar surface area (TPSA) is 47.5 Å². The maximum absolute atomic E-state index is 13.8. The van der Waals surface area contributed by atoms with Gasteiger partial charge in [-0.3, -0.25) is 0 Å². The van der Waals surface area contributed by atoms with Crippen LogP contribution in [0.1, 0.15) is 12.0 Å². The summed E-state index contributed by atoms with van der Waals surface area (Å²) < 4.78 is 51.6. The van der Waals surface area contributed by atoms with Crippen molar-refractivity contribution in [2.75, 3.05) is 18.1 Å². The van der Waals surface area contributed by atoms with E-state index in [2.05, 4.69) is 22.6 Å². The van der Waals surface area contributed by atoms with Crippen LogP contribution in [-0.2, 0) is 11.3 Å². The Kier molecular flexibility index (Phi) is 6.62. The van der Waals surface area contributed by atoms with Crippen LogP contribution in [-0.4, -0.2) is 34.4 Å². The predicted octanol–water partition coefficient (Wildman–Crippen LogP) is 4.78. The Morgan fingerprint density at radius 1 is 1.03 bits per heavy atom. The average Bonchev–Trinajstić information content (AvgIpc) is 3.13. The molecule has 1 fully saturated rings. The second-order valence-electron chi connectivity index (χ2n) is 7.18. The fraction of sp³-hybridized carbons (Fsp3) is 0.273. The average molecular weight is 447 g/mol. The highest BCUT2D eigenvalue weighted by molar-refractivity contribution is 7.81. The zero-order valence-corrected chi connectivity index (χ0v) is 17.3. The van der Waals surface area contributed by atoms with E-state index in [0.29, 0.717) is 24.2 Å². The van der Waals surface area contributed by atoms with E-state index in [1.54, 1.807) is 12.3 Å². The maximum Gasteiger partial charge on any atom is 0.323 e. The number of rotatable bonds is 7. The van der Waals surface area contributed by atoms with Crippen molar-refractivity contribution in [3.05, 3.63) is 77.7 Å². The molecule has 0 N–H and O–H groups in total. The first kappa shape index (κ1) is 21.5. The number of nitrogens with zero attached hydrogens (tertiary/aromatic N) is 3. The summed E-state index contributed by atoms with van der Waals surface area (Å²) in [5.74, 6) is -1.89. The molecule has 9 heteroatoms. The molecule has 0 spiro atoms. The third-order valence-electron chi connectivity index (χ3n) is 4.91. The highest BCUT2D eigenvalue weighted by Crippen LogP contribution is 2.29. The van der Waals surface area contributed by atoms with Crippen LogP contribution in [0.2, 0.25) is 0 Å². The summed E-state index contributed by atoms with van der Waals surface area (Å²) >= 11 is 4.58. The molecule has 1 aliphatic heterocycles. The standard InChI is InChI=1S/C22H20F3N3O2S/c23-18-10-20(25)19(24)8-14(18)12-29-13-15-9-17(31)11-28(15)21-6-7-26-22(27-21)30-16-4-2-1-3-5-16/h1-8,10,15,17,31H,9,11-13H2/t15-,17+/m0/s1. The normalized spacial score (nSPS) is 18.4. The molecule has 0 amide bonds. The number of anilines is 1. The molecular formula is C22H20F3N3O2S. The summed E-state index contributed by atoms with van der Waals surface area (Å²) in [6.45, 7) is 0.712. The minimum Gasteiger partial charge on any atom is -0.424 e. The second kappa shape index (κ2) is 9.57. The highest BCUT2D eigenvalue weighted by atomic mass is 32.1. The molecule has 2 heterocycles. The second-order valence-corrected chi connectivity index (χ2v) is 7.91. The van der Waals surface area contributed by atoms with Crippen LogP contribution >= 0.6 is 12.6 Å². The van der Waals surface area contributed by atoms with Crippen LogP contribution in [0.3, 0.4) is 0 Å². The largest absolute Gasteiger partial charge is 0.424 e. The van der Waals surface area contributed by atoms with Gasteiger partial charge in [0.05, 0.1) is 19.3 Å². The Morgan fingerprint density at radius 2 is 1.81 bits per heavy atom. The van der Waals surface area contributed by atoms with Crippen molar-refractivity contribution in [2.24, 2.45) is 0 Å². The smallest absolute Gasteiger partial charge is 0.323 e. The highest BCUT2D eigenvalue weighted by Gasteiger charge is 2.31. The van der Waals surface area contributed by atoms with Gasteiger partial charge in [0.25, 0.3) is 0 Å². The summed E-state index contributed by atoms with van der Waals surface area (Å²) in [7, 11) is 0. The molecule has 0 radical (unpaired) electrons. The monoisotopic (exact) mass is 447 g/mol. The van der Waals surface area contributed by atoms with Crippen LogP contribution in [0.15, 0.2) is 54.7 Å². The van der Waals surface area contributed by atoms with Crippen molar-refractivity contribution in [2.45, 2.75) is 24.3 Å². The molecule has 0 aliphatic carbocycles. The van der Waals surface area contributed by atoms with Crippen molar-refractivity contribution < 1.29 is 22.6 Å². The van der Waals surface area contributed by atoms with E-state index < -0.39 is 17.5 Å². The predicted molar refractivity (Wildman–Crippen MR) is 113 cm³/mol. The number of para-hydroxylation sites is 1. The van der Waals surface area contributed by atoms with Gasteiger partial charge in [-0.05, 0) is 30.7 Å². The van der Waals surface area contributed by atoms with Gasteiger partial charge in [0.15, 0.2) is 11.6 Å². The van der Waals surface area contributed by atoms with Crippen LogP contribution in [0, 0.1) is 17.5 Å². The van der Waals surface area contributed by atoms with Gasteiger partial charge in [-0.1, -0.05) is 18.2 Å². The SMILES string of the molecule is Fc1cc(F)c(COC[C@@H]2C[C@@H](S)CN2c2ccnc(Oc3ccccc3)n2)cc1F. The van der Waals surface area contributed by atoms with Gasteiger partial charge in [0, 0.05) is 29.6 Å². The van der Waals surface area contributed by atoms with Crippen molar-refractivity contribution >= 4 is 18.4 Å². The van der Waals surface area contributed by atoms with Gasteiger partial charge < -0.3 is 14.4 Å². The van der Waals surface area contributed by atoms with Gasteiger partial charge in [-0.15, -0.1) is 0 Å². The third kappa shape index (κ3) is 5.29. The number of hydrogen-bond donors (Lipinski definition) is 1. The molecule has 0 unspecified atom stereocenters. The van der Waals surface area contributed by atoms with Gasteiger partial charge >= 0.3 is 6.01 Å². The van der Waals surface area contributed by atoms with E-state index >= 15 is 0 Å². The number of thiol groups is 1. The van der Waals surface area contributed by atoms with E-state index in [1.807, 2.05) is 35.2 Å². The van der Waals surface area contributed by atoms with E-state index in [0.717, 1.165) is 12.5 Å². The molecule has 4 rings (SSSR count). The fourth-order valence-electron chi connectivity index (χ4n) is 3.44. The molecule has 1 aromatic heterocycles. The van der Waals surface area contributed by atoms with E-state index in [1.165, 1.54) is 0 Å². The van der Waals surface area contributed by atoms with Crippen molar-refractivity contribution in [1.29, 1.82) is 0 Å². The minimum absolute atomic E-state index is 0.0357. The summed E-state index contributed by atoms with van der Waals surface area (Å²) in [6, 6.07) is 12.5. The number of benzene rings is 2. The number of hydrogen-bond acceptors (Lipinski definition) is 6. The van der Waals surface area contributed by atoms with Crippen molar-refractivity contribution in [3.8, 4) is 11.8 Å². The van der Waals surface area contributed by atoms with Gasteiger partial charge in [-0.2, -0.15) is 17.6 Å². The summed E-state index contributed by atoms with van der Waals surface area (Å²) in [5, 5.41) is 0.0991. The zero-order chi connectivity index (χ0) is 21.8. The van der Waals surface area contributed by atoms with Crippen LogP contribution < -0.4 is 9.64 Å². The molecule has 1 aliphatic rings. The number of aromatic nitrogens is 2. The number of halogens is 3. The van der Waals surface area contributed by atoms with Crippen LogP contribution in [0.5, 0.6) is 11.8 Å². The van der Waals surface area contributed by atoms with E-state index in [9.17, 15) is 13.2 Å². The lowest BCUT2D eigenvalue weighted by molar-refractivity contribution is 0.106.